The van der Waals surface area contributed by atoms with Gasteiger partial charge in [-0.3, -0.25) is 0 Å². The second kappa shape index (κ2) is 6.64. The Morgan fingerprint density at radius 3 is 2.31 bits per heavy atom. The summed E-state index contributed by atoms with van der Waals surface area (Å²) in [4.78, 5) is 0. The Morgan fingerprint density at radius 2 is 1.88 bits per heavy atom. The smallest absolute Gasteiger partial charge is 0.00180 e. The van der Waals surface area contributed by atoms with Crippen LogP contribution in [-0.2, 0) is 0 Å². The molecule has 16 heavy (non-hydrogen) atoms. The molecule has 1 saturated carbocycles. The second-order valence-electron chi connectivity index (χ2n) is 5.96. The van der Waals surface area contributed by atoms with Crippen molar-refractivity contribution in [3.05, 3.63) is 0 Å². The molecule has 1 fully saturated rings. The molecule has 0 aliphatic heterocycles. The molecule has 2 N–H and O–H groups in total. The van der Waals surface area contributed by atoms with Gasteiger partial charge in [0.1, 0.15) is 0 Å². The molecular weight excluding hydrogens is 194 g/mol. The maximum absolute atomic E-state index is 6.06. The summed E-state index contributed by atoms with van der Waals surface area (Å²) >= 11 is 0. The van der Waals surface area contributed by atoms with E-state index in [4.69, 9.17) is 5.73 Å². The molecule has 0 spiro atoms. The van der Waals surface area contributed by atoms with Crippen LogP contribution < -0.4 is 5.73 Å². The predicted molar refractivity (Wildman–Crippen MR) is 72.4 cm³/mol. The topological polar surface area (TPSA) is 26.0 Å². The van der Waals surface area contributed by atoms with Gasteiger partial charge in [0.2, 0.25) is 0 Å². The van der Waals surface area contributed by atoms with Crippen molar-refractivity contribution in [1.82, 2.24) is 0 Å². The Morgan fingerprint density at radius 1 is 1.25 bits per heavy atom. The Hall–Kier alpha value is -0.0400. The summed E-state index contributed by atoms with van der Waals surface area (Å²) in [7, 11) is 0. The molecule has 0 bridgehead atoms. The van der Waals surface area contributed by atoms with Gasteiger partial charge in [0.25, 0.3) is 0 Å². The van der Waals surface area contributed by atoms with Crippen LogP contribution in [0.15, 0.2) is 0 Å². The molecule has 1 atom stereocenters. The van der Waals surface area contributed by atoms with Gasteiger partial charge in [-0.05, 0) is 49.5 Å². The Kier molecular flexibility index (Phi) is 5.82. The van der Waals surface area contributed by atoms with Crippen LogP contribution in [0, 0.1) is 17.3 Å². The highest BCUT2D eigenvalue weighted by Crippen LogP contribution is 2.45. The van der Waals surface area contributed by atoms with Crippen molar-refractivity contribution in [2.24, 2.45) is 23.0 Å². The van der Waals surface area contributed by atoms with Crippen LogP contribution in [0.3, 0.4) is 0 Å². The Bertz CT molecular complexity index is 180. The van der Waals surface area contributed by atoms with Gasteiger partial charge in [0, 0.05) is 0 Å². The number of unbranched alkanes of at least 4 members (excludes halogenated alkanes) is 1. The van der Waals surface area contributed by atoms with E-state index in [1.807, 2.05) is 0 Å². The lowest BCUT2D eigenvalue weighted by atomic mass is 9.63. The molecule has 0 saturated heterocycles. The molecule has 0 heterocycles. The standard InChI is InChI=1S/C15H31N/c1-4-6-7-14-8-10-15(12-16,11-9-14)13(3)5-2/h13-14H,4-12,16H2,1-3H3. The molecule has 0 radical (unpaired) electrons. The quantitative estimate of drug-likeness (QED) is 0.714. The first-order chi connectivity index (χ1) is 7.68. The van der Waals surface area contributed by atoms with Crippen molar-refractivity contribution < 1.29 is 0 Å². The highest BCUT2D eigenvalue weighted by atomic mass is 14.6. The average molecular weight is 225 g/mol. The zero-order chi connectivity index (χ0) is 12.0. The zero-order valence-electron chi connectivity index (χ0n) is 11.6. The first kappa shape index (κ1) is 14.0. The molecule has 96 valence electrons. The van der Waals surface area contributed by atoms with E-state index < -0.39 is 0 Å². The summed E-state index contributed by atoms with van der Waals surface area (Å²) in [6, 6.07) is 0. The summed E-state index contributed by atoms with van der Waals surface area (Å²) in [6.07, 6.45) is 11.1. The molecular formula is C15H31N. The van der Waals surface area contributed by atoms with Gasteiger partial charge in [-0.15, -0.1) is 0 Å². The average Bonchev–Trinajstić information content (AvgIpc) is 2.36. The lowest BCUT2D eigenvalue weighted by Gasteiger charge is -2.43. The SMILES string of the molecule is CCCCC1CCC(CN)(C(C)CC)CC1. The molecule has 1 rings (SSSR count). The maximum Gasteiger partial charge on any atom is -0.00180 e. The molecule has 1 heteroatoms. The lowest BCUT2D eigenvalue weighted by molar-refractivity contribution is 0.0846. The molecule has 1 unspecified atom stereocenters. The molecule has 0 amide bonds. The van der Waals surface area contributed by atoms with Gasteiger partial charge in [0.15, 0.2) is 0 Å². The highest BCUT2D eigenvalue weighted by Gasteiger charge is 2.37. The van der Waals surface area contributed by atoms with Crippen molar-refractivity contribution in [2.75, 3.05) is 6.54 Å². The zero-order valence-corrected chi connectivity index (χ0v) is 11.6. The number of hydrogen-bond donors (Lipinski definition) is 1. The predicted octanol–water partition coefficient (Wildman–Crippen LogP) is 4.36. The van der Waals surface area contributed by atoms with E-state index in [1.165, 1.54) is 51.4 Å². The Balaban J connectivity index is 2.44. The third-order valence-corrected chi connectivity index (χ3v) is 5.13. The first-order valence-corrected chi connectivity index (χ1v) is 7.38. The Labute approximate surface area is 102 Å². The highest BCUT2D eigenvalue weighted by molar-refractivity contribution is 4.89. The van der Waals surface area contributed by atoms with Gasteiger partial charge in [0.05, 0.1) is 0 Å². The summed E-state index contributed by atoms with van der Waals surface area (Å²) in [5, 5.41) is 0. The third-order valence-electron chi connectivity index (χ3n) is 5.13. The maximum atomic E-state index is 6.06. The summed E-state index contributed by atoms with van der Waals surface area (Å²) in [5.41, 5.74) is 6.54. The van der Waals surface area contributed by atoms with Crippen LogP contribution >= 0.6 is 0 Å². The second-order valence-corrected chi connectivity index (χ2v) is 5.96. The van der Waals surface area contributed by atoms with E-state index in [-0.39, 0.29) is 0 Å². The van der Waals surface area contributed by atoms with E-state index in [9.17, 15) is 0 Å². The van der Waals surface area contributed by atoms with Gasteiger partial charge >= 0.3 is 0 Å². The summed E-state index contributed by atoms with van der Waals surface area (Å²) in [5.74, 6) is 1.81. The van der Waals surface area contributed by atoms with E-state index in [2.05, 4.69) is 20.8 Å². The van der Waals surface area contributed by atoms with E-state index >= 15 is 0 Å². The summed E-state index contributed by atoms with van der Waals surface area (Å²) in [6.45, 7) is 7.92. The van der Waals surface area contributed by atoms with Crippen molar-refractivity contribution in [2.45, 2.75) is 72.1 Å². The van der Waals surface area contributed by atoms with E-state index in [0.717, 1.165) is 18.4 Å². The minimum atomic E-state index is 0.484. The lowest BCUT2D eigenvalue weighted by Crippen LogP contribution is -2.40. The van der Waals surface area contributed by atoms with Crippen LogP contribution in [0.1, 0.15) is 72.1 Å². The van der Waals surface area contributed by atoms with Crippen molar-refractivity contribution in [3.63, 3.8) is 0 Å². The third kappa shape index (κ3) is 3.23. The number of hydrogen-bond acceptors (Lipinski definition) is 1. The molecule has 1 aliphatic rings. The molecule has 0 aromatic heterocycles. The van der Waals surface area contributed by atoms with E-state index in [1.54, 1.807) is 0 Å². The van der Waals surface area contributed by atoms with Gasteiger partial charge in [-0.25, -0.2) is 0 Å². The number of rotatable bonds is 6. The largest absolute Gasteiger partial charge is 0.330 e. The molecule has 0 aromatic rings. The van der Waals surface area contributed by atoms with Crippen molar-refractivity contribution in [1.29, 1.82) is 0 Å². The van der Waals surface area contributed by atoms with Crippen LogP contribution in [0.2, 0.25) is 0 Å². The van der Waals surface area contributed by atoms with E-state index in [0.29, 0.717) is 5.41 Å². The van der Waals surface area contributed by atoms with Gasteiger partial charge in [-0.2, -0.15) is 0 Å². The van der Waals surface area contributed by atoms with Gasteiger partial charge < -0.3 is 5.73 Å². The monoisotopic (exact) mass is 225 g/mol. The van der Waals surface area contributed by atoms with Crippen LogP contribution in [0.5, 0.6) is 0 Å². The molecule has 1 nitrogen and oxygen atoms in total. The van der Waals surface area contributed by atoms with Crippen LogP contribution in [-0.4, -0.2) is 6.54 Å². The minimum absolute atomic E-state index is 0.484. The van der Waals surface area contributed by atoms with Gasteiger partial charge in [-0.1, -0.05) is 46.5 Å². The van der Waals surface area contributed by atoms with Crippen molar-refractivity contribution in [3.8, 4) is 0 Å². The molecule has 1 aliphatic carbocycles. The normalized spacial score (nSPS) is 32.6. The van der Waals surface area contributed by atoms with Crippen LogP contribution in [0.25, 0.3) is 0 Å². The fraction of sp³-hybridized carbons (Fsp3) is 1.00. The van der Waals surface area contributed by atoms with Crippen molar-refractivity contribution >= 4 is 0 Å². The fourth-order valence-corrected chi connectivity index (χ4v) is 3.37. The summed E-state index contributed by atoms with van der Waals surface area (Å²) < 4.78 is 0. The first-order valence-electron chi connectivity index (χ1n) is 7.38. The fourth-order valence-electron chi connectivity index (χ4n) is 3.37. The number of nitrogens with two attached hydrogens (primary N) is 1. The van der Waals surface area contributed by atoms with Crippen LogP contribution in [0.4, 0.5) is 0 Å². The molecule has 0 aromatic carbocycles. The minimum Gasteiger partial charge on any atom is -0.330 e.